The summed E-state index contributed by atoms with van der Waals surface area (Å²) in [5.74, 6) is -21.0. The molecule has 0 aromatic heterocycles. The van der Waals surface area contributed by atoms with E-state index in [9.17, 15) is 52.7 Å². The molecule has 1 heterocycles. The number of halogens is 4. The molecule has 0 radical (unpaired) electrons. The van der Waals surface area contributed by atoms with Crippen LogP contribution in [0.4, 0.5) is 28.9 Å². The van der Waals surface area contributed by atoms with Gasteiger partial charge in [-0.25, -0.2) is 22.4 Å². The molecule has 26 nitrogen and oxygen atoms in total. The fourth-order valence-electron chi connectivity index (χ4n) is 9.04. The number of aryl methyl sites for hydroxylation is 1. The van der Waals surface area contributed by atoms with Gasteiger partial charge in [0.05, 0.1) is 16.9 Å². The lowest BCUT2D eigenvalue weighted by atomic mass is 9.61. The minimum absolute atomic E-state index is 0.0243. The topological polar surface area (TPSA) is 314 Å². The van der Waals surface area contributed by atoms with Crippen molar-refractivity contribution in [3.8, 4) is 23.0 Å². The van der Waals surface area contributed by atoms with Crippen molar-refractivity contribution in [1.29, 1.82) is 0 Å². The Hall–Kier alpha value is -10.0. The zero-order chi connectivity index (χ0) is 63.5. The first-order valence-corrected chi connectivity index (χ1v) is 25.3. The highest BCUT2D eigenvalue weighted by Gasteiger charge is 2.59. The monoisotopic (exact) mass is 1210 g/mol. The van der Waals surface area contributed by atoms with Crippen LogP contribution in [0.5, 0.6) is 23.0 Å². The van der Waals surface area contributed by atoms with Crippen LogP contribution < -0.4 is 28.7 Å². The first-order valence-electron chi connectivity index (χ1n) is 25.3. The van der Waals surface area contributed by atoms with Crippen LogP contribution >= 0.6 is 0 Å². The molecule has 1 spiro atoms. The molecule has 460 valence electrons. The van der Waals surface area contributed by atoms with Gasteiger partial charge in [-0.2, -0.15) is 0 Å². The molecule has 0 atom stereocenters. The van der Waals surface area contributed by atoms with Crippen LogP contribution in [0.3, 0.4) is 0 Å². The van der Waals surface area contributed by atoms with Gasteiger partial charge in [-0.1, -0.05) is 19.9 Å². The van der Waals surface area contributed by atoms with Crippen molar-refractivity contribution < 1.29 is 132 Å². The Morgan fingerprint density at radius 2 is 0.849 bits per heavy atom. The van der Waals surface area contributed by atoms with E-state index in [1.807, 2.05) is 0 Å². The van der Waals surface area contributed by atoms with E-state index >= 15 is 17.6 Å². The highest BCUT2D eigenvalue weighted by atomic mass is 19.1. The van der Waals surface area contributed by atoms with Gasteiger partial charge in [-0.15, -0.1) is 0 Å². The molecule has 4 aromatic carbocycles. The van der Waals surface area contributed by atoms with Gasteiger partial charge in [-0.3, -0.25) is 47.9 Å². The van der Waals surface area contributed by atoms with Gasteiger partial charge < -0.3 is 71.4 Å². The van der Waals surface area contributed by atoms with E-state index in [-0.39, 0.29) is 11.4 Å². The molecule has 0 saturated carbocycles. The van der Waals surface area contributed by atoms with Crippen molar-refractivity contribution in [3.05, 3.63) is 105 Å². The Labute approximate surface area is 485 Å². The van der Waals surface area contributed by atoms with E-state index in [1.54, 1.807) is 13.0 Å². The Bertz CT molecular complexity index is 3270. The Morgan fingerprint density at radius 3 is 1.22 bits per heavy atom. The summed E-state index contributed by atoms with van der Waals surface area (Å²) in [6.07, 6.45) is 0. The maximum Gasteiger partial charge on any atom is 0.340 e. The third-order valence-electron chi connectivity index (χ3n) is 12.4. The summed E-state index contributed by atoms with van der Waals surface area (Å²) in [7, 11) is 0. The molecule has 0 saturated heterocycles. The van der Waals surface area contributed by atoms with Crippen LogP contribution in [0, 0.1) is 30.2 Å². The fourth-order valence-corrected chi connectivity index (χ4v) is 9.04. The van der Waals surface area contributed by atoms with Gasteiger partial charge in [0.1, 0.15) is 50.9 Å². The van der Waals surface area contributed by atoms with Crippen LogP contribution in [0.1, 0.15) is 99.1 Å². The second-order valence-electron chi connectivity index (χ2n) is 19.1. The number of nitrogens with zero attached hydrogens (tertiary/aromatic N) is 2. The van der Waals surface area contributed by atoms with E-state index in [0.29, 0.717) is 17.7 Å². The highest BCUT2D eigenvalue weighted by molar-refractivity contribution is 5.99. The molecule has 0 N–H and O–H groups in total. The molecule has 0 unspecified atom stereocenters. The number of benzene rings is 4. The average molecular weight is 1220 g/mol. The number of hydrogen-bond donors (Lipinski definition) is 0. The van der Waals surface area contributed by atoms with Gasteiger partial charge in [0.25, 0.3) is 0 Å². The molecule has 0 amide bonds. The lowest BCUT2D eigenvalue weighted by Crippen LogP contribution is -2.43. The molecule has 0 fully saturated rings. The maximum absolute atomic E-state index is 17.3. The SMILES string of the molecule is CC(=O)OCOC(=O)CN(CC(=O)OCOC(C)=O)c1ccc(C)cc1OCCOc1cc2c(cc1N(CC(=O)OCOC(C)=O)CC(=O)OCOC(C)=O)C(=O)OC21c2cc(F)c(OC(C)=O)c(F)c2C(C)(C)c2c1cc(F)c(OC(C)=O)c2F. The summed E-state index contributed by atoms with van der Waals surface area (Å²) in [6, 6.07) is 7.62. The predicted molar refractivity (Wildman–Crippen MR) is 277 cm³/mol. The number of rotatable bonds is 25. The minimum atomic E-state index is -2.83. The fraction of sp³-hybridized carbons (Fsp3) is 0.375. The molecule has 0 bridgehead atoms. The van der Waals surface area contributed by atoms with E-state index in [2.05, 4.69) is 9.47 Å². The lowest BCUT2D eigenvalue weighted by Gasteiger charge is -2.45. The molecular weight excluding hydrogens is 1160 g/mol. The first-order chi connectivity index (χ1) is 40.5. The number of carbonyl (C=O) groups excluding carboxylic acids is 11. The standard InChI is InChI=1S/C56H54F4N2O24/c1-27-10-11-40(61(19-44(69)80-23-76-28(2)63)20-45(70)81-24-77-29(3)64)42(14-27)74-12-13-75-43-18-35-34(15-41(43)62(21-46(71)82-25-78-30(4)65)22-47(72)83-26-79-31(5)66)54(73)86-56(35)36-16-38(57)52(84-32(6)67)50(59)48(36)55(8,9)49-37(56)17-39(58)53(51(49)60)85-33(7)68/h10-11,14-18H,12-13,19-26H2,1-9H3. The Kier molecular flexibility index (Phi) is 20.9. The zero-order valence-electron chi connectivity index (χ0n) is 47.3. The smallest absolute Gasteiger partial charge is 0.340 e. The molecule has 1 aliphatic heterocycles. The van der Waals surface area contributed by atoms with Gasteiger partial charge in [0.15, 0.2) is 28.9 Å². The highest BCUT2D eigenvalue weighted by Crippen LogP contribution is 2.60. The van der Waals surface area contributed by atoms with Gasteiger partial charge >= 0.3 is 65.7 Å². The van der Waals surface area contributed by atoms with Crippen LogP contribution in [-0.2, 0) is 102 Å². The summed E-state index contributed by atoms with van der Waals surface area (Å²) < 4.78 is 135. The Balaban J connectivity index is 1.55. The van der Waals surface area contributed by atoms with Crippen molar-refractivity contribution in [2.75, 3.05) is 76.4 Å². The lowest BCUT2D eigenvalue weighted by molar-refractivity contribution is -0.167. The summed E-state index contributed by atoms with van der Waals surface area (Å²) in [6.45, 7) is 1.80. The molecule has 86 heavy (non-hydrogen) atoms. The first kappa shape index (κ1) is 65.1. The van der Waals surface area contributed by atoms with E-state index in [1.165, 1.54) is 26.0 Å². The average Bonchev–Trinajstić information content (AvgIpc) is 1.25. The van der Waals surface area contributed by atoms with Crippen LogP contribution in [0.25, 0.3) is 0 Å². The Morgan fingerprint density at radius 1 is 0.477 bits per heavy atom. The van der Waals surface area contributed by atoms with Crippen LogP contribution in [0.2, 0.25) is 0 Å². The minimum Gasteiger partial charge on any atom is -0.488 e. The number of hydrogen-bond acceptors (Lipinski definition) is 26. The number of esters is 11. The summed E-state index contributed by atoms with van der Waals surface area (Å²) in [5, 5.41) is 0. The summed E-state index contributed by atoms with van der Waals surface area (Å²) >= 11 is 0. The molecule has 6 rings (SSSR count). The number of fused-ring (bicyclic) bond motifs is 6. The van der Waals surface area contributed by atoms with Crippen LogP contribution in [0.15, 0.2) is 42.5 Å². The second-order valence-corrected chi connectivity index (χ2v) is 19.1. The maximum atomic E-state index is 17.3. The van der Waals surface area contributed by atoms with Crippen molar-refractivity contribution in [3.63, 3.8) is 0 Å². The normalized spacial score (nSPS) is 12.8. The third kappa shape index (κ3) is 15.2. The van der Waals surface area contributed by atoms with E-state index < -0.39 is 223 Å². The second kappa shape index (κ2) is 27.6. The molecule has 4 aromatic rings. The number of carbonyl (C=O) groups is 11. The number of ether oxygens (including phenoxy) is 13. The van der Waals surface area contributed by atoms with Crippen molar-refractivity contribution >= 4 is 77.0 Å². The largest absolute Gasteiger partial charge is 0.488 e. The van der Waals surface area contributed by atoms with Crippen LogP contribution in [-0.4, -0.2) is 132 Å². The summed E-state index contributed by atoms with van der Waals surface area (Å²) in [4.78, 5) is 140. The quantitative estimate of drug-likeness (QED) is 0.0214. The molecule has 1 aliphatic carbocycles. The van der Waals surface area contributed by atoms with Gasteiger partial charge in [0, 0.05) is 74.8 Å². The third-order valence-corrected chi connectivity index (χ3v) is 12.4. The zero-order valence-corrected chi connectivity index (χ0v) is 47.3. The summed E-state index contributed by atoms with van der Waals surface area (Å²) in [5.41, 5.74) is -8.45. The van der Waals surface area contributed by atoms with Crippen molar-refractivity contribution in [1.82, 2.24) is 0 Å². The van der Waals surface area contributed by atoms with Gasteiger partial charge in [0.2, 0.25) is 38.7 Å². The van der Waals surface area contributed by atoms with E-state index in [0.717, 1.165) is 63.5 Å². The van der Waals surface area contributed by atoms with Gasteiger partial charge in [-0.05, 0) is 48.9 Å². The molecule has 30 heteroatoms. The molecular formula is C56H54F4N2O24. The van der Waals surface area contributed by atoms with Crippen molar-refractivity contribution in [2.45, 2.75) is 73.3 Å². The number of anilines is 2. The van der Waals surface area contributed by atoms with E-state index in [4.69, 9.17) is 52.1 Å². The van der Waals surface area contributed by atoms with Crippen molar-refractivity contribution in [2.24, 2.45) is 0 Å². The predicted octanol–water partition coefficient (Wildman–Crippen LogP) is 4.83. The molecule has 2 aliphatic rings.